The van der Waals surface area contributed by atoms with Crippen LogP contribution in [0.25, 0.3) is 0 Å². The zero-order valence-corrected chi connectivity index (χ0v) is 11.0. The van der Waals surface area contributed by atoms with Crippen molar-refractivity contribution in [2.75, 3.05) is 19.8 Å². The van der Waals surface area contributed by atoms with Crippen LogP contribution in [-0.4, -0.2) is 19.8 Å². The Morgan fingerprint density at radius 2 is 2.00 bits per heavy atom. The Kier molecular flexibility index (Phi) is 3.16. The first-order valence-corrected chi connectivity index (χ1v) is 6.99. The summed E-state index contributed by atoms with van der Waals surface area (Å²) in [6.45, 7) is 4.87. The normalized spacial score (nSPS) is 26.9. The fourth-order valence-electron chi connectivity index (χ4n) is 3.02. The van der Waals surface area contributed by atoms with Crippen molar-refractivity contribution >= 4 is 0 Å². The zero-order chi connectivity index (χ0) is 12.4. The van der Waals surface area contributed by atoms with Gasteiger partial charge in [0, 0.05) is 12.0 Å². The van der Waals surface area contributed by atoms with E-state index in [0.717, 1.165) is 44.1 Å². The molecule has 3 rings (SSSR count). The van der Waals surface area contributed by atoms with Crippen LogP contribution in [0.4, 0.5) is 0 Å². The summed E-state index contributed by atoms with van der Waals surface area (Å²) in [7, 11) is 0. The molecule has 1 atom stereocenters. The summed E-state index contributed by atoms with van der Waals surface area (Å²) in [5.41, 5.74) is 1.48. The van der Waals surface area contributed by atoms with Crippen LogP contribution in [0.3, 0.4) is 0 Å². The molecule has 0 spiro atoms. The quantitative estimate of drug-likeness (QED) is 0.871. The maximum absolute atomic E-state index is 5.79. The molecule has 3 heteroatoms. The summed E-state index contributed by atoms with van der Waals surface area (Å²) >= 11 is 0. The monoisotopic (exact) mass is 247 g/mol. The Hall–Kier alpha value is -1.22. The van der Waals surface area contributed by atoms with Gasteiger partial charge in [-0.15, -0.1) is 0 Å². The molecule has 98 valence electrons. The molecule has 0 radical (unpaired) electrons. The van der Waals surface area contributed by atoms with Gasteiger partial charge in [-0.2, -0.15) is 0 Å². The highest BCUT2D eigenvalue weighted by Crippen LogP contribution is 2.39. The van der Waals surface area contributed by atoms with Gasteiger partial charge in [-0.25, -0.2) is 0 Å². The Bertz CT molecular complexity index is 425. The average Bonchev–Trinajstić information content (AvgIpc) is 2.78. The Labute approximate surface area is 108 Å². The van der Waals surface area contributed by atoms with Crippen LogP contribution in [0.1, 0.15) is 38.2 Å². The van der Waals surface area contributed by atoms with Crippen LogP contribution >= 0.6 is 0 Å². The molecule has 0 bridgehead atoms. The molecule has 1 saturated heterocycles. The molecule has 1 N–H and O–H groups in total. The second-order valence-corrected chi connectivity index (χ2v) is 5.18. The molecule has 1 unspecified atom stereocenters. The Balaban J connectivity index is 1.95. The largest absolute Gasteiger partial charge is 0.490 e. The highest BCUT2D eigenvalue weighted by Gasteiger charge is 2.34. The van der Waals surface area contributed by atoms with Gasteiger partial charge in [-0.1, -0.05) is 13.0 Å². The third kappa shape index (κ3) is 1.97. The van der Waals surface area contributed by atoms with Gasteiger partial charge in [0.1, 0.15) is 0 Å². The predicted octanol–water partition coefficient (Wildman–Crippen LogP) is 2.84. The molecule has 2 aliphatic rings. The molecule has 2 aliphatic heterocycles. The highest BCUT2D eigenvalue weighted by molar-refractivity contribution is 5.45. The van der Waals surface area contributed by atoms with Crippen LogP contribution in [-0.2, 0) is 5.54 Å². The molecular weight excluding hydrogens is 226 g/mol. The number of rotatable bonds is 2. The SMILES string of the molecule is CCC1(c2ccc3c(c2)OCCCO3)CCCN1. The molecule has 0 amide bonds. The van der Waals surface area contributed by atoms with Gasteiger partial charge in [0.15, 0.2) is 11.5 Å². The van der Waals surface area contributed by atoms with E-state index in [1.807, 2.05) is 0 Å². The topological polar surface area (TPSA) is 30.5 Å². The van der Waals surface area contributed by atoms with E-state index in [9.17, 15) is 0 Å². The van der Waals surface area contributed by atoms with Crippen molar-refractivity contribution in [3.05, 3.63) is 23.8 Å². The van der Waals surface area contributed by atoms with E-state index < -0.39 is 0 Å². The molecule has 1 fully saturated rings. The van der Waals surface area contributed by atoms with Gasteiger partial charge in [0.05, 0.1) is 13.2 Å². The van der Waals surface area contributed by atoms with Crippen LogP contribution in [0, 0.1) is 0 Å². The number of fused-ring (bicyclic) bond motifs is 1. The second-order valence-electron chi connectivity index (χ2n) is 5.18. The van der Waals surface area contributed by atoms with Gasteiger partial charge in [0.2, 0.25) is 0 Å². The molecule has 3 nitrogen and oxygen atoms in total. The molecule has 0 saturated carbocycles. The lowest BCUT2D eigenvalue weighted by molar-refractivity contribution is 0.296. The fourth-order valence-corrected chi connectivity index (χ4v) is 3.02. The van der Waals surface area contributed by atoms with Crippen LogP contribution in [0.5, 0.6) is 11.5 Å². The van der Waals surface area contributed by atoms with Crippen molar-refractivity contribution in [3.63, 3.8) is 0 Å². The van der Waals surface area contributed by atoms with E-state index >= 15 is 0 Å². The summed E-state index contributed by atoms with van der Waals surface area (Å²) in [6.07, 6.45) is 4.54. The minimum absolute atomic E-state index is 0.144. The molecule has 2 heterocycles. The van der Waals surface area contributed by atoms with Gasteiger partial charge < -0.3 is 14.8 Å². The molecular formula is C15H21NO2. The van der Waals surface area contributed by atoms with Crippen molar-refractivity contribution in [2.45, 2.75) is 38.1 Å². The maximum Gasteiger partial charge on any atom is 0.161 e. The fraction of sp³-hybridized carbons (Fsp3) is 0.600. The molecule has 1 aromatic carbocycles. The third-order valence-electron chi connectivity index (χ3n) is 4.15. The van der Waals surface area contributed by atoms with Crippen molar-refractivity contribution in [1.82, 2.24) is 5.32 Å². The minimum atomic E-state index is 0.144. The van der Waals surface area contributed by atoms with Crippen molar-refractivity contribution < 1.29 is 9.47 Å². The van der Waals surface area contributed by atoms with Gasteiger partial charge in [-0.3, -0.25) is 0 Å². The Morgan fingerprint density at radius 1 is 1.17 bits per heavy atom. The standard InChI is InChI=1S/C15H21NO2/c1-2-15(7-3-8-16-15)12-5-6-13-14(11-12)18-10-4-9-17-13/h5-6,11,16H,2-4,7-10H2,1H3. The lowest BCUT2D eigenvalue weighted by atomic mass is 9.86. The first kappa shape index (κ1) is 11.8. The van der Waals surface area contributed by atoms with E-state index in [2.05, 4.69) is 30.4 Å². The number of ether oxygens (including phenoxy) is 2. The summed E-state index contributed by atoms with van der Waals surface area (Å²) in [6, 6.07) is 6.42. The first-order chi connectivity index (χ1) is 8.84. The summed E-state index contributed by atoms with van der Waals surface area (Å²) in [5, 5.41) is 3.66. The van der Waals surface area contributed by atoms with Gasteiger partial charge >= 0.3 is 0 Å². The Morgan fingerprint density at radius 3 is 2.72 bits per heavy atom. The van der Waals surface area contributed by atoms with E-state index in [0.29, 0.717) is 0 Å². The van der Waals surface area contributed by atoms with Crippen molar-refractivity contribution in [1.29, 1.82) is 0 Å². The van der Waals surface area contributed by atoms with Crippen LogP contribution in [0.15, 0.2) is 18.2 Å². The lowest BCUT2D eigenvalue weighted by Gasteiger charge is -2.29. The summed E-state index contributed by atoms with van der Waals surface area (Å²) in [4.78, 5) is 0. The highest BCUT2D eigenvalue weighted by atomic mass is 16.5. The van der Waals surface area contributed by atoms with E-state index in [4.69, 9.17) is 9.47 Å². The van der Waals surface area contributed by atoms with E-state index in [1.54, 1.807) is 0 Å². The van der Waals surface area contributed by atoms with E-state index in [1.165, 1.54) is 18.4 Å². The molecule has 18 heavy (non-hydrogen) atoms. The zero-order valence-electron chi connectivity index (χ0n) is 11.0. The van der Waals surface area contributed by atoms with Crippen LogP contribution < -0.4 is 14.8 Å². The number of hydrogen-bond donors (Lipinski definition) is 1. The summed E-state index contributed by atoms with van der Waals surface area (Å²) < 4.78 is 11.5. The third-order valence-corrected chi connectivity index (χ3v) is 4.15. The number of nitrogens with one attached hydrogen (secondary N) is 1. The molecule has 1 aromatic rings. The average molecular weight is 247 g/mol. The number of benzene rings is 1. The maximum atomic E-state index is 5.79. The van der Waals surface area contributed by atoms with E-state index in [-0.39, 0.29) is 5.54 Å². The van der Waals surface area contributed by atoms with Gasteiger partial charge in [0.25, 0.3) is 0 Å². The number of hydrogen-bond acceptors (Lipinski definition) is 3. The molecule has 0 aliphatic carbocycles. The van der Waals surface area contributed by atoms with Crippen molar-refractivity contribution in [3.8, 4) is 11.5 Å². The van der Waals surface area contributed by atoms with Crippen LogP contribution in [0.2, 0.25) is 0 Å². The first-order valence-electron chi connectivity index (χ1n) is 6.99. The minimum Gasteiger partial charge on any atom is -0.490 e. The van der Waals surface area contributed by atoms with Gasteiger partial charge in [-0.05, 0) is 43.5 Å². The smallest absolute Gasteiger partial charge is 0.161 e. The second kappa shape index (κ2) is 4.81. The summed E-state index contributed by atoms with van der Waals surface area (Å²) in [5.74, 6) is 1.80. The predicted molar refractivity (Wildman–Crippen MR) is 71.3 cm³/mol. The lowest BCUT2D eigenvalue weighted by Crippen LogP contribution is -2.35. The molecule has 0 aromatic heterocycles. The van der Waals surface area contributed by atoms with Crippen molar-refractivity contribution in [2.24, 2.45) is 0 Å².